The lowest BCUT2D eigenvalue weighted by molar-refractivity contribution is -0.132. The molecule has 1 aliphatic heterocycles. The number of benzene rings is 1. The van der Waals surface area contributed by atoms with Crippen molar-refractivity contribution in [2.45, 2.75) is 38.1 Å². The second kappa shape index (κ2) is 7.88. The summed E-state index contributed by atoms with van der Waals surface area (Å²) in [5.41, 5.74) is 7.15. The molecule has 3 rings (SSSR count). The maximum Gasteiger partial charge on any atom is 0.222 e. The molecule has 2 aliphatic rings. The van der Waals surface area contributed by atoms with Crippen LogP contribution in [0.4, 0.5) is 5.69 Å². The minimum absolute atomic E-state index is 0.324. The van der Waals surface area contributed by atoms with Gasteiger partial charge in [0.2, 0.25) is 5.91 Å². The fraction of sp³-hybridized carbons (Fsp3) is 0.632. The van der Waals surface area contributed by atoms with Crippen LogP contribution in [0.2, 0.25) is 0 Å². The summed E-state index contributed by atoms with van der Waals surface area (Å²) in [5.74, 6) is 1.74. The summed E-state index contributed by atoms with van der Waals surface area (Å²) in [6.07, 6.45) is 5.07. The third-order valence-electron chi connectivity index (χ3n) is 5.42. The zero-order valence-corrected chi connectivity index (χ0v) is 14.6. The van der Waals surface area contributed by atoms with E-state index in [9.17, 15) is 4.79 Å². The Kier molecular flexibility index (Phi) is 5.61. The third kappa shape index (κ3) is 4.20. The summed E-state index contributed by atoms with van der Waals surface area (Å²) in [6.45, 7) is 3.43. The van der Waals surface area contributed by atoms with Gasteiger partial charge in [0.05, 0.1) is 7.11 Å². The van der Waals surface area contributed by atoms with Gasteiger partial charge in [-0.1, -0.05) is 0 Å². The Morgan fingerprint density at radius 2 is 1.71 bits per heavy atom. The number of ether oxygens (including phenoxy) is 1. The number of nitrogens with zero attached hydrogens (tertiary/aromatic N) is 2. The van der Waals surface area contributed by atoms with Crippen molar-refractivity contribution in [3.63, 3.8) is 0 Å². The summed E-state index contributed by atoms with van der Waals surface area (Å²) < 4.78 is 5.20. The summed E-state index contributed by atoms with van der Waals surface area (Å²) in [4.78, 5) is 16.9. The number of rotatable bonds is 4. The maximum atomic E-state index is 12.5. The highest BCUT2D eigenvalue weighted by Crippen LogP contribution is 2.27. The number of amides is 1. The topological polar surface area (TPSA) is 58.8 Å². The molecule has 132 valence electrons. The van der Waals surface area contributed by atoms with Crippen molar-refractivity contribution in [2.75, 3.05) is 38.2 Å². The molecule has 0 unspecified atom stereocenters. The number of hydrogen-bond acceptors (Lipinski definition) is 4. The quantitative estimate of drug-likeness (QED) is 0.919. The van der Waals surface area contributed by atoms with Gasteiger partial charge >= 0.3 is 0 Å². The van der Waals surface area contributed by atoms with E-state index in [1.165, 1.54) is 5.69 Å². The predicted octanol–water partition coefficient (Wildman–Crippen LogP) is 2.25. The Balaban J connectivity index is 1.46. The Labute approximate surface area is 144 Å². The Morgan fingerprint density at radius 3 is 2.29 bits per heavy atom. The molecular formula is C19H29N3O2. The van der Waals surface area contributed by atoms with Crippen molar-refractivity contribution in [1.82, 2.24) is 4.90 Å². The van der Waals surface area contributed by atoms with E-state index in [0.717, 1.165) is 57.6 Å². The number of anilines is 1. The van der Waals surface area contributed by atoms with E-state index in [0.29, 0.717) is 24.3 Å². The van der Waals surface area contributed by atoms with E-state index in [1.54, 1.807) is 7.11 Å². The molecule has 24 heavy (non-hydrogen) atoms. The van der Waals surface area contributed by atoms with Gasteiger partial charge in [0.25, 0.3) is 0 Å². The lowest BCUT2D eigenvalue weighted by Gasteiger charge is -2.37. The van der Waals surface area contributed by atoms with Gasteiger partial charge in [-0.05, 0) is 55.9 Å². The monoisotopic (exact) mass is 331 g/mol. The van der Waals surface area contributed by atoms with Crippen LogP contribution in [0.25, 0.3) is 0 Å². The van der Waals surface area contributed by atoms with Gasteiger partial charge < -0.3 is 20.3 Å². The molecule has 1 amide bonds. The number of carbonyl (C=O) groups is 1. The van der Waals surface area contributed by atoms with Crippen LogP contribution < -0.4 is 15.4 Å². The van der Waals surface area contributed by atoms with Crippen LogP contribution in [0, 0.1) is 5.92 Å². The van der Waals surface area contributed by atoms with Crippen LogP contribution in [0.1, 0.15) is 32.1 Å². The third-order valence-corrected chi connectivity index (χ3v) is 5.42. The first kappa shape index (κ1) is 17.1. The molecule has 1 heterocycles. The average Bonchev–Trinajstić information content (AvgIpc) is 2.64. The Hall–Kier alpha value is -1.75. The fourth-order valence-corrected chi connectivity index (χ4v) is 3.78. The summed E-state index contributed by atoms with van der Waals surface area (Å²) in [5, 5.41) is 0. The van der Waals surface area contributed by atoms with Gasteiger partial charge in [-0.25, -0.2) is 0 Å². The first-order chi connectivity index (χ1) is 11.7. The number of methoxy groups -OCH3 is 1. The molecule has 0 spiro atoms. The second-order valence-electron chi connectivity index (χ2n) is 7.05. The standard InChI is InChI=1S/C19H29N3O2/c1-24-18-8-6-17(7-9-18)21-10-12-22(13-11-21)19(23)14-15-2-4-16(20)5-3-15/h6-9,15-16H,2-5,10-14,20H2,1H3. The van der Waals surface area contributed by atoms with Crippen LogP contribution in [0.3, 0.4) is 0 Å². The van der Waals surface area contributed by atoms with E-state index >= 15 is 0 Å². The maximum absolute atomic E-state index is 12.5. The smallest absolute Gasteiger partial charge is 0.222 e. The van der Waals surface area contributed by atoms with Crippen molar-refractivity contribution in [3.8, 4) is 5.75 Å². The lowest BCUT2D eigenvalue weighted by atomic mass is 9.84. The zero-order chi connectivity index (χ0) is 16.9. The molecule has 1 aliphatic carbocycles. The van der Waals surface area contributed by atoms with Crippen molar-refractivity contribution in [3.05, 3.63) is 24.3 Å². The van der Waals surface area contributed by atoms with Gasteiger partial charge in [0.1, 0.15) is 5.75 Å². The van der Waals surface area contributed by atoms with Gasteiger partial charge in [-0.2, -0.15) is 0 Å². The minimum Gasteiger partial charge on any atom is -0.497 e. The summed E-state index contributed by atoms with van der Waals surface area (Å²) >= 11 is 0. The fourth-order valence-electron chi connectivity index (χ4n) is 3.78. The highest BCUT2D eigenvalue weighted by molar-refractivity contribution is 5.76. The van der Waals surface area contributed by atoms with Crippen molar-refractivity contribution in [1.29, 1.82) is 0 Å². The molecule has 2 fully saturated rings. The number of hydrogen-bond donors (Lipinski definition) is 1. The van der Waals surface area contributed by atoms with Gasteiger partial charge in [-0.15, -0.1) is 0 Å². The zero-order valence-electron chi connectivity index (χ0n) is 14.6. The number of carbonyl (C=O) groups excluding carboxylic acids is 1. The van der Waals surface area contributed by atoms with E-state index in [4.69, 9.17) is 10.5 Å². The average molecular weight is 331 g/mol. The molecular weight excluding hydrogens is 302 g/mol. The molecule has 1 saturated heterocycles. The Morgan fingerprint density at radius 1 is 1.08 bits per heavy atom. The van der Waals surface area contributed by atoms with Crippen molar-refractivity contribution >= 4 is 11.6 Å². The SMILES string of the molecule is COc1ccc(N2CCN(C(=O)CC3CCC(N)CC3)CC2)cc1. The largest absolute Gasteiger partial charge is 0.497 e. The molecule has 1 aromatic rings. The van der Waals surface area contributed by atoms with Gasteiger partial charge in [0, 0.05) is 44.3 Å². The predicted molar refractivity (Wildman–Crippen MR) is 96.3 cm³/mol. The summed E-state index contributed by atoms with van der Waals surface area (Å²) in [7, 11) is 1.68. The highest BCUT2D eigenvalue weighted by atomic mass is 16.5. The molecule has 0 aromatic heterocycles. The Bertz CT molecular complexity index is 530. The molecule has 2 N–H and O–H groups in total. The molecule has 0 atom stereocenters. The van der Waals surface area contributed by atoms with E-state index < -0.39 is 0 Å². The van der Waals surface area contributed by atoms with Crippen molar-refractivity contribution in [2.24, 2.45) is 11.7 Å². The van der Waals surface area contributed by atoms with Crippen LogP contribution >= 0.6 is 0 Å². The summed E-state index contributed by atoms with van der Waals surface area (Å²) in [6, 6.07) is 8.49. The molecule has 1 saturated carbocycles. The van der Waals surface area contributed by atoms with E-state index in [1.807, 2.05) is 17.0 Å². The minimum atomic E-state index is 0.324. The van der Waals surface area contributed by atoms with Gasteiger partial charge in [-0.3, -0.25) is 4.79 Å². The lowest BCUT2D eigenvalue weighted by Crippen LogP contribution is -2.49. The molecule has 1 aromatic carbocycles. The molecule has 5 nitrogen and oxygen atoms in total. The van der Waals surface area contributed by atoms with Crippen molar-refractivity contribution < 1.29 is 9.53 Å². The second-order valence-corrected chi connectivity index (χ2v) is 7.05. The number of nitrogens with two attached hydrogens (primary N) is 1. The van der Waals surface area contributed by atoms with E-state index in [-0.39, 0.29) is 0 Å². The molecule has 5 heteroatoms. The van der Waals surface area contributed by atoms with Crippen LogP contribution in [0.5, 0.6) is 5.75 Å². The van der Waals surface area contributed by atoms with Gasteiger partial charge in [0.15, 0.2) is 0 Å². The highest BCUT2D eigenvalue weighted by Gasteiger charge is 2.26. The normalized spacial score (nSPS) is 24.8. The van der Waals surface area contributed by atoms with Crippen LogP contribution in [-0.2, 0) is 4.79 Å². The first-order valence-corrected chi connectivity index (χ1v) is 9.08. The van der Waals surface area contributed by atoms with E-state index in [2.05, 4.69) is 17.0 Å². The van der Waals surface area contributed by atoms with Crippen LogP contribution in [0.15, 0.2) is 24.3 Å². The first-order valence-electron chi connectivity index (χ1n) is 9.08. The van der Waals surface area contributed by atoms with Crippen LogP contribution in [-0.4, -0.2) is 50.1 Å². The molecule has 0 bridgehead atoms. The molecule has 0 radical (unpaired) electrons. The number of piperazine rings is 1.